The number of hydrogen-bond acceptors (Lipinski definition) is 8. The van der Waals surface area contributed by atoms with Gasteiger partial charge in [-0.25, -0.2) is 19.6 Å². The van der Waals surface area contributed by atoms with Gasteiger partial charge in [0.1, 0.15) is 19.3 Å². The Bertz CT molecular complexity index is 1950. The summed E-state index contributed by atoms with van der Waals surface area (Å²) in [6.45, 7) is 4.44. The first-order valence-corrected chi connectivity index (χ1v) is 15.9. The first kappa shape index (κ1) is 32.8. The molecule has 2 N–H and O–H groups in total. The van der Waals surface area contributed by atoms with E-state index in [2.05, 4.69) is 20.6 Å². The highest BCUT2D eigenvalue weighted by atomic mass is 16.6. The number of rotatable bonds is 12. The summed E-state index contributed by atoms with van der Waals surface area (Å²) < 4.78 is 22.6. The Morgan fingerprint density at radius 3 is 1.67 bits per heavy atom. The van der Waals surface area contributed by atoms with E-state index in [0.717, 1.165) is 33.4 Å². The number of nitrogens with one attached hydrogen (secondary N) is 2. The Morgan fingerprint density at radius 1 is 0.633 bits per heavy atom. The van der Waals surface area contributed by atoms with Gasteiger partial charge in [0.25, 0.3) is 0 Å². The second kappa shape index (κ2) is 15.6. The summed E-state index contributed by atoms with van der Waals surface area (Å²) in [4.78, 5) is 33.3. The fourth-order valence-corrected chi connectivity index (χ4v) is 5.07. The number of carbonyl (C=O) groups is 2. The van der Waals surface area contributed by atoms with Crippen molar-refractivity contribution in [2.24, 2.45) is 5.92 Å². The minimum atomic E-state index is -0.545. The third-order valence-electron chi connectivity index (χ3n) is 7.76. The van der Waals surface area contributed by atoms with Gasteiger partial charge in [-0.1, -0.05) is 123 Å². The molecule has 10 nitrogen and oxygen atoms in total. The van der Waals surface area contributed by atoms with Crippen LogP contribution in [0.2, 0.25) is 0 Å². The molecule has 0 saturated heterocycles. The van der Waals surface area contributed by atoms with Crippen LogP contribution < -0.4 is 10.6 Å². The Labute approximate surface area is 284 Å². The number of alkyl carbamates (subject to hydrolysis) is 2. The van der Waals surface area contributed by atoms with Gasteiger partial charge in [-0.2, -0.15) is 0 Å². The maximum Gasteiger partial charge on any atom is 0.408 e. The van der Waals surface area contributed by atoms with Gasteiger partial charge in [0.2, 0.25) is 11.8 Å². The van der Waals surface area contributed by atoms with Crippen LogP contribution in [0, 0.1) is 5.92 Å². The highest BCUT2D eigenvalue weighted by Gasteiger charge is 2.24. The summed E-state index contributed by atoms with van der Waals surface area (Å²) in [6.07, 6.45) is 2.22. The average molecular weight is 657 g/mol. The topological polar surface area (TPSA) is 129 Å². The molecule has 0 radical (unpaired) electrons. The van der Waals surface area contributed by atoms with Crippen LogP contribution in [-0.4, -0.2) is 22.2 Å². The lowest BCUT2D eigenvalue weighted by Gasteiger charge is -2.19. The van der Waals surface area contributed by atoms with Crippen molar-refractivity contribution in [3.63, 3.8) is 0 Å². The third-order valence-corrected chi connectivity index (χ3v) is 7.76. The number of aromatic nitrogens is 2. The smallest absolute Gasteiger partial charge is 0.408 e. The fourth-order valence-electron chi connectivity index (χ4n) is 5.07. The second-order valence-electron chi connectivity index (χ2n) is 11.7. The van der Waals surface area contributed by atoms with Gasteiger partial charge in [-0.15, -0.1) is 0 Å². The van der Waals surface area contributed by atoms with Crippen molar-refractivity contribution in [2.45, 2.75) is 39.6 Å². The second-order valence-corrected chi connectivity index (χ2v) is 11.7. The molecule has 10 heteroatoms. The Hall–Kier alpha value is -6.16. The zero-order valence-corrected chi connectivity index (χ0v) is 27.2. The normalized spacial score (nSPS) is 11.6. The number of carbonyl (C=O) groups excluding carboxylic acids is 2. The van der Waals surface area contributed by atoms with Gasteiger partial charge in [0, 0.05) is 11.1 Å². The number of benzene rings is 4. The molecule has 0 saturated carbocycles. The van der Waals surface area contributed by atoms with Crippen molar-refractivity contribution in [1.82, 2.24) is 20.6 Å². The van der Waals surface area contributed by atoms with Crippen molar-refractivity contribution >= 4 is 12.2 Å². The van der Waals surface area contributed by atoms with Crippen LogP contribution in [0.25, 0.3) is 33.8 Å². The number of ether oxygens (including phenoxy) is 2. The Balaban J connectivity index is 1.02. The van der Waals surface area contributed by atoms with Crippen LogP contribution in [0.5, 0.6) is 0 Å². The number of nitrogens with zero attached hydrogens (tertiary/aromatic N) is 2. The minimum absolute atomic E-state index is 0.0234. The summed E-state index contributed by atoms with van der Waals surface area (Å²) >= 11 is 0. The molecule has 2 heterocycles. The van der Waals surface area contributed by atoms with Crippen LogP contribution in [0.1, 0.15) is 42.8 Å². The summed E-state index contributed by atoms with van der Waals surface area (Å²) in [6, 6.07) is 34.4. The summed E-state index contributed by atoms with van der Waals surface area (Å²) in [7, 11) is 0. The summed E-state index contributed by atoms with van der Waals surface area (Å²) in [5.41, 5.74) is 5.58. The molecule has 0 spiro atoms. The summed E-state index contributed by atoms with van der Waals surface area (Å²) in [5.74, 6) is 2.00. The molecule has 248 valence electrons. The maximum absolute atomic E-state index is 12.5. The predicted octanol–water partition coefficient (Wildman–Crippen LogP) is 8.71. The van der Waals surface area contributed by atoms with Crippen molar-refractivity contribution in [3.05, 3.63) is 144 Å². The van der Waals surface area contributed by atoms with Crippen LogP contribution in [0.15, 0.2) is 130 Å². The van der Waals surface area contributed by atoms with E-state index in [1.54, 1.807) is 12.4 Å². The largest absolute Gasteiger partial charge is 0.445 e. The average Bonchev–Trinajstić information content (AvgIpc) is 3.83. The van der Waals surface area contributed by atoms with E-state index in [9.17, 15) is 9.59 Å². The van der Waals surface area contributed by atoms with Crippen molar-refractivity contribution < 1.29 is 27.9 Å². The highest BCUT2D eigenvalue weighted by molar-refractivity contribution is 5.71. The number of oxazole rings is 2. The van der Waals surface area contributed by atoms with Gasteiger partial charge < -0.3 is 28.9 Å². The van der Waals surface area contributed by atoms with E-state index >= 15 is 0 Å². The van der Waals surface area contributed by atoms with Crippen LogP contribution in [-0.2, 0) is 29.2 Å². The predicted molar refractivity (Wildman–Crippen MR) is 184 cm³/mol. The SMILES string of the molecule is CC(C)[C@H](NC(=O)OCc1ccccc1)c1ncc(-c2ccc(-c3ccc(-c4cnc(CNC(=O)OCc5ccccc5)o4)cc3)cc2)o1. The molecular formula is C39H36N4O6. The molecule has 2 aromatic heterocycles. The van der Waals surface area contributed by atoms with E-state index in [-0.39, 0.29) is 25.7 Å². The lowest BCUT2D eigenvalue weighted by molar-refractivity contribution is 0.130. The van der Waals surface area contributed by atoms with E-state index in [0.29, 0.717) is 23.3 Å². The molecule has 1 atom stereocenters. The van der Waals surface area contributed by atoms with E-state index in [4.69, 9.17) is 18.3 Å². The van der Waals surface area contributed by atoms with Crippen LogP contribution in [0.3, 0.4) is 0 Å². The number of amides is 2. The monoisotopic (exact) mass is 656 g/mol. The molecule has 2 amide bonds. The van der Waals surface area contributed by atoms with Crippen molar-refractivity contribution in [2.75, 3.05) is 0 Å². The molecule has 0 unspecified atom stereocenters. The molecule has 49 heavy (non-hydrogen) atoms. The zero-order valence-electron chi connectivity index (χ0n) is 27.2. The van der Waals surface area contributed by atoms with Crippen LogP contribution in [0.4, 0.5) is 9.59 Å². The summed E-state index contributed by atoms with van der Waals surface area (Å²) in [5, 5.41) is 5.55. The van der Waals surface area contributed by atoms with Crippen LogP contribution >= 0.6 is 0 Å². The zero-order chi connectivity index (χ0) is 34.0. The Morgan fingerprint density at radius 2 is 1.12 bits per heavy atom. The third kappa shape index (κ3) is 8.81. The lowest BCUT2D eigenvalue weighted by Crippen LogP contribution is -2.32. The molecule has 0 aliphatic rings. The van der Waals surface area contributed by atoms with Gasteiger partial charge in [0.05, 0.1) is 18.9 Å². The first-order chi connectivity index (χ1) is 23.9. The quantitative estimate of drug-likeness (QED) is 0.134. The highest BCUT2D eigenvalue weighted by Crippen LogP contribution is 2.30. The van der Waals surface area contributed by atoms with Gasteiger partial charge >= 0.3 is 12.2 Å². The lowest BCUT2D eigenvalue weighted by atomic mass is 10.0. The molecule has 6 aromatic rings. The Kier molecular flexibility index (Phi) is 10.4. The molecule has 6 rings (SSSR count). The van der Waals surface area contributed by atoms with Gasteiger partial charge in [-0.05, 0) is 28.2 Å². The fraction of sp³-hybridized carbons (Fsp3) is 0.179. The molecule has 0 aliphatic carbocycles. The van der Waals surface area contributed by atoms with E-state index < -0.39 is 18.2 Å². The van der Waals surface area contributed by atoms with Crippen molar-refractivity contribution in [3.8, 4) is 33.8 Å². The van der Waals surface area contributed by atoms with Gasteiger partial charge in [0.15, 0.2) is 11.5 Å². The molecule has 4 aromatic carbocycles. The molecule has 0 fully saturated rings. The molecule has 0 bridgehead atoms. The minimum Gasteiger partial charge on any atom is -0.445 e. The molecule has 0 aliphatic heterocycles. The standard InChI is InChI=1S/C39H36N4O6/c1-26(2)36(43-39(45)47-25-28-11-7-4-8-12-28)37-41-22-34(49-37)32-19-15-30(16-20-32)29-13-17-31(18-14-29)33-21-40-35(48-33)23-42-38(44)46-24-27-9-5-3-6-10-27/h3-22,26,36H,23-25H2,1-2H3,(H,42,44)(H,43,45)/t36-/m0/s1. The first-order valence-electron chi connectivity index (χ1n) is 15.9. The number of hydrogen-bond donors (Lipinski definition) is 2. The van der Waals surface area contributed by atoms with Crippen molar-refractivity contribution in [1.29, 1.82) is 0 Å². The van der Waals surface area contributed by atoms with Gasteiger partial charge in [-0.3, -0.25) is 0 Å². The van der Waals surface area contributed by atoms with E-state index in [1.807, 2.05) is 123 Å². The van der Waals surface area contributed by atoms with E-state index in [1.165, 1.54) is 0 Å². The maximum atomic E-state index is 12.5. The molecular weight excluding hydrogens is 620 g/mol.